The number of anilines is 1. The van der Waals surface area contributed by atoms with Crippen LogP contribution in [0.5, 0.6) is 0 Å². The van der Waals surface area contributed by atoms with Crippen LogP contribution in [-0.2, 0) is 13.1 Å². The molecule has 0 radical (unpaired) electrons. The quantitative estimate of drug-likeness (QED) is 0.737. The highest BCUT2D eigenvalue weighted by atomic mass is 19.1. The van der Waals surface area contributed by atoms with Gasteiger partial charge in [0.05, 0.1) is 13.1 Å². The third-order valence-corrected chi connectivity index (χ3v) is 4.25. The Morgan fingerprint density at radius 1 is 1.08 bits per heavy atom. The van der Waals surface area contributed by atoms with Gasteiger partial charge in [0, 0.05) is 11.3 Å². The first kappa shape index (κ1) is 15.3. The Morgan fingerprint density at radius 2 is 1.80 bits per heavy atom. The van der Waals surface area contributed by atoms with Gasteiger partial charge in [0.15, 0.2) is 5.82 Å². The van der Waals surface area contributed by atoms with E-state index in [-0.39, 0.29) is 13.1 Å². The number of nitrogens with zero attached hydrogens (tertiary/aromatic N) is 4. The fourth-order valence-electron chi connectivity index (χ4n) is 2.89. The number of carbonyl (C=O) groups excluding carboxylic acids is 1. The van der Waals surface area contributed by atoms with Crippen molar-refractivity contribution in [3.05, 3.63) is 81.8 Å². The molecular weight excluding hydrogens is 323 g/mol. The van der Waals surface area contributed by atoms with Crippen LogP contribution in [0.4, 0.5) is 14.9 Å². The second-order valence-corrected chi connectivity index (χ2v) is 5.99. The van der Waals surface area contributed by atoms with Crippen molar-refractivity contribution >= 4 is 11.7 Å². The third-order valence-electron chi connectivity index (χ3n) is 4.25. The normalized spacial score (nSPS) is 13.4. The number of carbonyl (C=O) groups is 1. The molecule has 25 heavy (non-hydrogen) atoms. The van der Waals surface area contributed by atoms with Crippen LogP contribution in [0.2, 0.25) is 0 Å². The van der Waals surface area contributed by atoms with Gasteiger partial charge in [0.2, 0.25) is 0 Å². The maximum atomic E-state index is 13.8. The first-order chi connectivity index (χ1) is 12.0. The van der Waals surface area contributed by atoms with Crippen LogP contribution in [0.25, 0.3) is 0 Å². The average molecular weight is 338 g/mol. The predicted octanol–water partition coefficient (Wildman–Crippen LogP) is 2.53. The lowest BCUT2D eigenvalue weighted by molar-refractivity contribution is 0.250. The molecule has 2 aromatic carbocycles. The molecule has 0 saturated heterocycles. The maximum Gasteiger partial charge on any atom is 0.354 e. The minimum atomic E-state index is -0.558. The molecule has 4 rings (SSSR count). The zero-order valence-corrected chi connectivity index (χ0v) is 13.5. The van der Waals surface area contributed by atoms with E-state index in [9.17, 15) is 14.0 Å². The molecule has 0 saturated carbocycles. The fourth-order valence-corrected chi connectivity index (χ4v) is 2.89. The summed E-state index contributed by atoms with van der Waals surface area (Å²) in [6.45, 7) is 2.16. The minimum absolute atomic E-state index is 0.0106. The van der Waals surface area contributed by atoms with Gasteiger partial charge >= 0.3 is 11.7 Å². The Bertz CT molecular complexity index is 1020. The monoisotopic (exact) mass is 338 g/mol. The van der Waals surface area contributed by atoms with Crippen molar-refractivity contribution in [2.45, 2.75) is 20.0 Å². The molecule has 0 unspecified atom stereocenters. The number of fused-ring (bicyclic) bond motifs is 1. The number of hydrogen-bond acceptors (Lipinski definition) is 3. The molecule has 1 aliphatic rings. The summed E-state index contributed by atoms with van der Waals surface area (Å²) < 4.78 is 15.9. The highest BCUT2D eigenvalue weighted by Gasteiger charge is 2.33. The van der Waals surface area contributed by atoms with Crippen molar-refractivity contribution in [2.24, 2.45) is 0 Å². The molecule has 0 atom stereocenters. The van der Waals surface area contributed by atoms with Gasteiger partial charge in [0.25, 0.3) is 0 Å². The number of aryl methyl sites for hydroxylation is 1. The van der Waals surface area contributed by atoms with Crippen molar-refractivity contribution in [1.29, 1.82) is 0 Å². The van der Waals surface area contributed by atoms with Crippen molar-refractivity contribution in [2.75, 3.05) is 4.90 Å². The zero-order chi connectivity index (χ0) is 17.6. The Hall–Kier alpha value is -3.22. The van der Waals surface area contributed by atoms with Gasteiger partial charge in [-0.3, -0.25) is 4.90 Å². The summed E-state index contributed by atoms with van der Waals surface area (Å²) in [5, 5.41) is 4.21. The molecule has 7 heteroatoms. The van der Waals surface area contributed by atoms with Gasteiger partial charge in [-0.05, 0) is 25.1 Å². The van der Waals surface area contributed by atoms with E-state index >= 15 is 0 Å². The number of halogens is 1. The van der Waals surface area contributed by atoms with E-state index in [0.717, 1.165) is 14.8 Å². The molecule has 0 spiro atoms. The van der Waals surface area contributed by atoms with Crippen LogP contribution < -0.4 is 10.6 Å². The summed E-state index contributed by atoms with van der Waals surface area (Å²) in [7, 11) is 0. The number of rotatable bonds is 3. The summed E-state index contributed by atoms with van der Waals surface area (Å²) in [4.78, 5) is 26.6. The average Bonchev–Trinajstić information content (AvgIpc) is 3.08. The Morgan fingerprint density at radius 3 is 2.48 bits per heavy atom. The van der Waals surface area contributed by atoms with Crippen LogP contribution >= 0.6 is 0 Å². The fraction of sp³-hybridized carbons (Fsp3) is 0.167. The van der Waals surface area contributed by atoms with Crippen LogP contribution in [0.1, 0.15) is 17.0 Å². The van der Waals surface area contributed by atoms with Gasteiger partial charge < -0.3 is 0 Å². The second kappa shape index (κ2) is 5.70. The van der Waals surface area contributed by atoms with Crippen molar-refractivity contribution < 1.29 is 9.18 Å². The first-order valence-electron chi connectivity index (χ1n) is 7.85. The molecular formula is C18H15FN4O2. The lowest BCUT2D eigenvalue weighted by Gasteiger charge is -2.15. The highest BCUT2D eigenvalue weighted by molar-refractivity contribution is 5.96. The summed E-state index contributed by atoms with van der Waals surface area (Å²) in [6.07, 6.45) is 0. The Labute approximate surface area is 142 Å². The number of aromatic nitrogens is 3. The largest absolute Gasteiger partial charge is 0.354 e. The molecule has 0 fully saturated rings. The van der Waals surface area contributed by atoms with Crippen molar-refractivity contribution in [3.8, 4) is 0 Å². The Kier molecular flexibility index (Phi) is 3.49. The molecule has 126 valence electrons. The van der Waals surface area contributed by atoms with Gasteiger partial charge in [-0.25, -0.2) is 18.7 Å². The smallest absolute Gasteiger partial charge is 0.286 e. The summed E-state index contributed by atoms with van der Waals surface area (Å²) in [5.74, 6) is -0.0536. The lowest BCUT2D eigenvalue weighted by Crippen LogP contribution is -2.35. The van der Waals surface area contributed by atoms with E-state index in [4.69, 9.17) is 0 Å². The molecule has 2 heterocycles. The first-order valence-corrected chi connectivity index (χ1v) is 7.85. The van der Waals surface area contributed by atoms with Gasteiger partial charge in [-0.1, -0.05) is 35.9 Å². The molecule has 6 nitrogen and oxygen atoms in total. The van der Waals surface area contributed by atoms with Gasteiger partial charge in [-0.2, -0.15) is 9.67 Å². The lowest BCUT2D eigenvalue weighted by atomic mass is 10.2. The SMILES string of the molecule is Cc1ccc(N2Cc3nn(Cc4ccccc4F)c(=O)n3C2=O)cc1. The molecule has 0 aliphatic carbocycles. The number of benzene rings is 2. The molecule has 1 aromatic heterocycles. The van der Waals surface area contributed by atoms with Crippen LogP contribution in [0.15, 0.2) is 53.3 Å². The van der Waals surface area contributed by atoms with Gasteiger partial charge in [0.1, 0.15) is 5.82 Å². The minimum Gasteiger partial charge on any atom is -0.286 e. The molecule has 1 amide bonds. The van der Waals surface area contributed by atoms with E-state index in [2.05, 4.69) is 5.10 Å². The van der Waals surface area contributed by atoms with Crippen LogP contribution in [-0.4, -0.2) is 20.4 Å². The predicted molar refractivity (Wildman–Crippen MR) is 90.1 cm³/mol. The Balaban J connectivity index is 1.65. The van der Waals surface area contributed by atoms with E-state index in [1.165, 1.54) is 11.0 Å². The van der Waals surface area contributed by atoms with Crippen molar-refractivity contribution in [1.82, 2.24) is 14.3 Å². The molecule has 0 N–H and O–H groups in total. The topological polar surface area (TPSA) is 60.1 Å². The van der Waals surface area contributed by atoms with E-state index in [1.807, 2.05) is 31.2 Å². The number of hydrogen-bond donors (Lipinski definition) is 0. The van der Waals surface area contributed by atoms with Crippen LogP contribution in [0.3, 0.4) is 0 Å². The molecule has 1 aliphatic heterocycles. The second-order valence-electron chi connectivity index (χ2n) is 5.99. The third kappa shape index (κ3) is 2.53. The van der Waals surface area contributed by atoms with E-state index in [1.54, 1.807) is 18.2 Å². The molecule has 3 aromatic rings. The van der Waals surface area contributed by atoms with Gasteiger partial charge in [-0.15, -0.1) is 0 Å². The van der Waals surface area contributed by atoms with E-state index in [0.29, 0.717) is 17.1 Å². The zero-order valence-electron chi connectivity index (χ0n) is 13.5. The standard InChI is InChI=1S/C18H15FN4O2/c1-12-6-8-14(9-7-12)21-11-16-20-22(18(25)23(16)17(21)24)10-13-4-2-3-5-15(13)19/h2-9H,10-11H2,1H3. The molecule has 0 bridgehead atoms. The summed E-state index contributed by atoms with van der Waals surface area (Å²) >= 11 is 0. The maximum absolute atomic E-state index is 13.8. The van der Waals surface area contributed by atoms with Crippen LogP contribution in [0, 0.1) is 12.7 Å². The summed E-state index contributed by atoms with van der Waals surface area (Å²) in [6, 6.07) is 13.2. The van der Waals surface area contributed by atoms with E-state index < -0.39 is 17.5 Å². The van der Waals surface area contributed by atoms with Crippen molar-refractivity contribution in [3.63, 3.8) is 0 Å². The summed E-state index contributed by atoms with van der Waals surface area (Å²) in [5.41, 5.74) is 1.59. The number of amides is 1. The highest BCUT2D eigenvalue weighted by Crippen LogP contribution is 2.22.